The predicted molar refractivity (Wildman–Crippen MR) is 52.3 cm³/mol. The highest BCUT2D eigenvalue weighted by atomic mass is 19.1. The van der Waals surface area contributed by atoms with Gasteiger partial charge in [-0.05, 0) is 12.1 Å². The number of carbonyl (C=O) groups is 2. The zero-order chi connectivity index (χ0) is 13.0. The first-order chi connectivity index (χ1) is 7.90. The average molecular weight is 245 g/mol. The Bertz CT molecular complexity index is 430. The summed E-state index contributed by atoms with van der Waals surface area (Å²) in [5, 5.41) is 19.2. The average Bonchev–Trinajstić information content (AvgIpc) is 2.23. The van der Waals surface area contributed by atoms with Gasteiger partial charge in [0.25, 0.3) is 5.91 Å². The van der Waals surface area contributed by atoms with Gasteiger partial charge >= 0.3 is 5.97 Å². The Hall–Kier alpha value is -2.02. The summed E-state index contributed by atoms with van der Waals surface area (Å²) < 4.78 is 25.5. The van der Waals surface area contributed by atoms with Crippen LogP contribution in [-0.4, -0.2) is 34.7 Å². The quantitative estimate of drug-likeness (QED) is 0.704. The van der Waals surface area contributed by atoms with E-state index in [-0.39, 0.29) is 5.56 Å². The molecule has 0 bridgehead atoms. The van der Waals surface area contributed by atoms with E-state index >= 15 is 0 Å². The predicted octanol–water partition coefficient (Wildman–Crippen LogP) is 0.140. The number of benzene rings is 1. The van der Waals surface area contributed by atoms with E-state index in [1.807, 2.05) is 5.32 Å². The van der Waals surface area contributed by atoms with Gasteiger partial charge in [0.2, 0.25) is 0 Å². The summed E-state index contributed by atoms with van der Waals surface area (Å²) in [5.74, 6) is -4.22. The van der Waals surface area contributed by atoms with E-state index in [1.165, 1.54) is 0 Å². The lowest BCUT2D eigenvalue weighted by molar-refractivity contribution is -0.146. The van der Waals surface area contributed by atoms with E-state index in [0.717, 1.165) is 12.1 Å². The molecular weight excluding hydrogens is 236 g/mol. The lowest BCUT2D eigenvalue weighted by atomic mass is 10.2. The van der Waals surface area contributed by atoms with Gasteiger partial charge in [-0.3, -0.25) is 4.79 Å². The maximum Gasteiger partial charge on any atom is 0.334 e. The second-order valence-corrected chi connectivity index (χ2v) is 3.22. The summed E-state index contributed by atoms with van der Waals surface area (Å²) in [5.41, 5.74) is -0.292. The Morgan fingerprint density at radius 1 is 1.24 bits per heavy atom. The van der Waals surface area contributed by atoms with Crippen molar-refractivity contribution in [3.8, 4) is 0 Å². The smallest absolute Gasteiger partial charge is 0.334 e. The fourth-order valence-corrected chi connectivity index (χ4v) is 1.06. The molecule has 0 fully saturated rings. The van der Waals surface area contributed by atoms with Crippen LogP contribution >= 0.6 is 0 Å². The minimum atomic E-state index is -1.77. The first-order valence-electron chi connectivity index (χ1n) is 4.55. The lowest BCUT2D eigenvalue weighted by Gasteiger charge is -2.07. The summed E-state index contributed by atoms with van der Waals surface area (Å²) in [6, 6.07) is 2.19. The van der Waals surface area contributed by atoms with Gasteiger partial charge in [-0.15, -0.1) is 0 Å². The number of aliphatic hydroxyl groups is 1. The number of hydrogen-bond donors (Lipinski definition) is 3. The Labute approximate surface area is 94.7 Å². The Balaban J connectivity index is 2.67. The Kier molecular flexibility index (Phi) is 4.11. The number of nitrogens with one attached hydrogen (secondary N) is 1. The second kappa shape index (κ2) is 5.35. The van der Waals surface area contributed by atoms with Gasteiger partial charge in [0, 0.05) is 11.6 Å². The molecule has 0 aliphatic heterocycles. The highest BCUT2D eigenvalue weighted by Gasteiger charge is 2.15. The second-order valence-electron chi connectivity index (χ2n) is 3.22. The van der Waals surface area contributed by atoms with Gasteiger partial charge in [0.05, 0.1) is 6.54 Å². The van der Waals surface area contributed by atoms with Gasteiger partial charge in [-0.2, -0.15) is 0 Å². The molecule has 17 heavy (non-hydrogen) atoms. The number of carbonyl (C=O) groups excluding carboxylic acids is 1. The molecule has 0 saturated carbocycles. The summed E-state index contributed by atoms with van der Waals surface area (Å²) >= 11 is 0. The molecule has 1 aromatic carbocycles. The highest BCUT2D eigenvalue weighted by molar-refractivity contribution is 5.94. The maximum atomic E-state index is 12.8. The van der Waals surface area contributed by atoms with Crippen LogP contribution in [0.3, 0.4) is 0 Å². The van der Waals surface area contributed by atoms with Crippen LogP contribution in [0.5, 0.6) is 0 Å². The zero-order valence-electron chi connectivity index (χ0n) is 8.48. The SMILES string of the molecule is O=C(NCC(O)C(=O)O)c1cc(F)cc(F)c1. The van der Waals surface area contributed by atoms with Crippen molar-refractivity contribution in [3.05, 3.63) is 35.4 Å². The molecule has 3 N–H and O–H groups in total. The van der Waals surface area contributed by atoms with Gasteiger partial charge in [-0.25, -0.2) is 13.6 Å². The molecule has 5 nitrogen and oxygen atoms in total. The molecule has 1 unspecified atom stereocenters. The van der Waals surface area contributed by atoms with Crippen molar-refractivity contribution >= 4 is 11.9 Å². The molecule has 0 spiro atoms. The van der Waals surface area contributed by atoms with Crippen molar-refractivity contribution in [3.63, 3.8) is 0 Å². The van der Waals surface area contributed by atoms with Crippen molar-refractivity contribution in [2.24, 2.45) is 0 Å². The van der Waals surface area contributed by atoms with Crippen LogP contribution in [0.1, 0.15) is 10.4 Å². The normalized spacial score (nSPS) is 11.9. The van der Waals surface area contributed by atoms with Crippen LogP contribution in [0.2, 0.25) is 0 Å². The molecule has 1 atom stereocenters. The van der Waals surface area contributed by atoms with Crippen LogP contribution in [0.4, 0.5) is 8.78 Å². The Morgan fingerprint density at radius 2 is 1.76 bits per heavy atom. The molecule has 0 aromatic heterocycles. The van der Waals surface area contributed by atoms with Crippen molar-refractivity contribution in [2.75, 3.05) is 6.54 Å². The standard InChI is InChI=1S/C10H9F2NO4/c11-6-1-5(2-7(12)3-6)9(15)13-4-8(14)10(16)17/h1-3,8,14H,4H2,(H,13,15)(H,16,17). The fraction of sp³-hybridized carbons (Fsp3) is 0.200. The molecule has 0 heterocycles. The minimum Gasteiger partial charge on any atom is -0.479 e. The third-order valence-corrected chi connectivity index (χ3v) is 1.87. The van der Waals surface area contributed by atoms with E-state index in [4.69, 9.17) is 10.2 Å². The fourth-order valence-electron chi connectivity index (χ4n) is 1.06. The molecular formula is C10H9F2NO4. The number of amides is 1. The maximum absolute atomic E-state index is 12.8. The summed E-state index contributed by atoms with van der Waals surface area (Å²) in [6.07, 6.45) is -1.77. The number of carboxylic acid groups (broad SMARTS) is 1. The van der Waals surface area contributed by atoms with Crippen LogP contribution in [-0.2, 0) is 4.79 Å². The largest absolute Gasteiger partial charge is 0.479 e. The molecule has 1 aromatic rings. The topological polar surface area (TPSA) is 86.6 Å². The van der Waals surface area contributed by atoms with Gasteiger partial charge in [0.1, 0.15) is 11.6 Å². The third kappa shape index (κ3) is 3.80. The number of hydrogen-bond acceptors (Lipinski definition) is 3. The molecule has 1 rings (SSSR count). The van der Waals surface area contributed by atoms with Crippen molar-refractivity contribution in [2.45, 2.75) is 6.10 Å². The van der Waals surface area contributed by atoms with Gasteiger partial charge in [-0.1, -0.05) is 0 Å². The van der Waals surface area contributed by atoms with Crippen molar-refractivity contribution in [1.82, 2.24) is 5.32 Å². The van der Waals surface area contributed by atoms with Crippen LogP contribution in [0.25, 0.3) is 0 Å². The van der Waals surface area contributed by atoms with Crippen molar-refractivity contribution in [1.29, 1.82) is 0 Å². The zero-order valence-corrected chi connectivity index (χ0v) is 8.48. The number of carboxylic acids is 1. The number of aliphatic carboxylic acids is 1. The van der Waals surface area contributed by atoms with E-state index in [2.05, 4.69) is 0 Å². The van der Waals surface area contributed by atoms with Crippen LogP contribution in [0.15, 0.2) is 18.2 Å². The van der Waals surface area contributed by atoms with Gasteiger partial charge in [0.15, 0.2) is 6.10 Å². The van der Waals surface area contributed by atoms with E-state index in [0.29, 0.717) is 6.07 Å². The monoisotopic (exact) mass is 245 g/mol. The molecule has 0 radical (unpaired) electrons. The summed E-state index contributed by atoms with van der Waals surface area (Å²) in [4.78, 5) is 21.6. The molecule has 92 valence electrons. The first-order valence-corrected chi connectivity index (χ1v) is 4.55. The lowest BCUT2D eigenvalue weighted by Crippen LogP contribution is -2.36. The molecule has 0 aliphatic carbocycles. The van der Waals surface area contributed by atoms with Crippen LogP contribution in [0, 0.1) is 11.6 Å². The Morgan fingerprint density at radius 3 is 2.24 bits per heavy atom. The van der Waals surface area contributed by atoms with E-state index in [9.17, 15) is 18.4 Å². The number of rotatable bonds is 4. The van der Waals surface area contributed by atoms with Gasteiger partial charge < -0.3 is 15.5 Å². The van der Waals surface area contributed by atoms with E-state index in [1.54, 1.807) is 0 Å². The number of halogens is 2. The molecule has 7 heteroatoms. The summed E-state index contributed by atoms with van der Waals surface area (Å²) in [7, 11) is 0. The van der Waals surface area contributed by atoms with E-state index < -0.39 is 36.2 Å². The third-order valence-electron chi connectivity index (χ3n) is 1.87. The first kappa shape index (κ1) is 13.0. The molecule has 1 amide bonds. The highest BCUT2D eigenvalue weighted by Crippen LogP contribution is 2.07. The minimum absolute atomic E-state index is 0.292. The summed E-state index contributed by atoms with van der Waals surface area (Å²) in [6.45, 7) is -0.549. The van der Waals surface area contributed by atoms with Crippen molar-refractivity contribution < 1.29 is 28.6 Å². The molecule has 0 saturated heterocycles. The van der Waals surface area contributed by atoms with Crippen LogP contribution < -0.4 is 5.32 Å². The molecule has 0 aliphatic rings. The number of aliphatic hydroxyl groups excluding tert-OH is 1.